The molecule has 4 aromatic rings. The molecule has 156 valence electrons. The van der Waals surface area contributed by atoms with Crippen LogP contribution in [0.25, 0.3) is 10.2 Å². The number of nitrogens with zero attached hydrogens (tertiary/aromatic N) is 3. The Morgan fingerprint density at radius 3 is 2.61 bits per heavy atom. The number of anilines is 1. The molecule has 0 saturated carbocycles. The first kappa shape index (κ1) is 21.1. The molecule has 0 spiro atoms. The van der Waals surface area contributed by atoms with E-state index >= 15 is 0 Å². The van der Waals surface area contributed by atoms with Gasteiger partial charge in [-0.1, -0.05) is 27.3 Å². The summed E-state index contributed by atoms with van der Waals surface area (Å²) in [5.41, 5.74) is 1.85. The maximum absolute atomic E-state index is 13.6. The van der Waals surface area contributed by atoms with Gasteiger partial charge in [0, 0.05) is 10.0 Å². The van der Waals surface area contributed by atoms with Crippen molar-refractivity contribution in [3.63, 3.8) is 0 Å². The number of hydrogen-bond acceptors (Lipinski definition) is 5. The number of thiazole rings is 1. The molecule has 0 atom stereocenters. The third kappa shape index (κ3) is 4.98. The van der Waals surface area contributed by atoms with Gasteiger partial charge in [-0.25, -0.2) is 9.37 Å². The Labute approximate surface area is 190 Å². The molecule has 31 heavy (non-hydrogen) atoms. The second-order valence-corrected chi connectivity index (χ2v) is 8.40. The van der Waals surface area contributed by atoms with Gasteiger partial charge in [0.1, 0.15) is 11.6 Å². The van der Waals surface area contributed by atoms with Crippen molar-refractivity contribution in [2.75, 3.05) is 11.6 Å². The van der Waals surface area contributed by atoms with E-state index in [9.17, 15) is 9.18 Å². The van der Waals surface area contributed by atoms with Crippen LogP contribution in [0.4, 0.5) is 9.52 Å². The quantitative estimate of drug-likeness (QED) is 0.232. The Morgan fingerprint density at radius 1 is 1.16 bits per heavy atom. The molecule has 1 heterocycles. The number of carbonyl (C=O) groups excluding carboxylic acids is 1. The summed E-state index contributed by atoms with van der Waals surface area (Å²) < 4.78 is 20.6. The predicted octanol–water partition coefficient (Wildman–Crippen LogP) is 6.28. The molecule has 0 aliphatic heterocycles. The maximum atomic E-state index is 13.6. The largest absolute Gasteiger partial charge is 0.494 e. The summed E-state index contributed by atoms with van der Waals surface area (Å²) in [6.45, 7) is 2.51. The second kappa shape index (κ2) is 9.36. The minimum atomic E-state index is -0.355. The highest BCUT2D eigenvalue weighted by atomic mass is 79.9. The molecule has 0 N–H and O–H groups in total. The van der Waals surface area contributed by atoms with Crippen LogP contribution in [0.2, 0.25) is 0 Å². The minimum Gasteiger partial charge on any atom is -0.494 e. The van der Waals surface area contributed by atoms with E-state index in [1.54, 1.807) is 36.5 Å². The van der Waals surface area contributed by atoms with E-state index < -0.39 is 0 Å². The second-order valence-electron chi connectivity index (χ2n) is 6.48. The van der Waals surface area contributed by atoms with Crippen LogP contribution in [0.15, 0.2) is 76.3 Å². The summed E-state index contributed by atoms with van der Waals surface area (Å²) in [7, 11) is 0. The van der Waals surface area contributed by atoms with Gasteiger partial charge in [0.2, 0.25) is 5.13 Å². The summed E-state index contributed by atoms with van der Waals surface area (Å²) in [6, 6.07) is 18.7. The molecule has 4 rings (SSSR count). The summed E-state index contributed by atoms with van der Waals surface area (Å²) >= 11 is 4.58. The minimum absolute atomic E-state index is 0.339. The average Bonchev–Trinajstić information content (AvgIpc) is 3.18. The molecule has 0 radical (unpaired) electrons. The first-order valence-corrected chi connectivity index (χ1v) is 11.1. The fourth-order valence-corrected chi connectivity index (χ4v) is 4.03. The highest BCUT2D eigenvalue weighted by molar-refractivity contribution is 9.10. The maximum Gasteiger partial charge on any atom is 0.280 e. The summed E-state index contributed by atoms with van der Waals surface area (Å²) in [4.78, 5) is 17.7. The Hall–Kier alpha value is -3.10. The third-order valence-corrected chi connectivity index (χ3v) is 5.84. The Morgan fingerprint density at radius 2 is 1.90 bits per heavy atom. The molecule has 8 heteroatoms. The van der Waals surface area contributed by atoms with Gasteiger partial charge in [-0.3, -0.25) is 4.79 Å². The number of fused-ring (bicyclic) bond motifs is 1. The molecule has 1 aromatic heterocycles. The molecular formula is C23H17BrFN3O2S. The van der Waals surface area contributed by atoms with E-state index in [4.69, 9.17) is 4.74 Å². The lowest BCUT2D eigenvalue weighted by Crippen LogP contribution is -2.25. The van der Waals surface area contributed by atoms with Gasteiger partial charge in [0.25, 0.3) is 5.91 Å². The molecule has 0 saturated heterocycles. The van der Waals surface area contributed by atoms with Crippen LogP contribution in [0.1, 0.15) is 22.8 Å². The van der Waals surface area contributed by atoms with Crippen LogP contribution >= 0.6 is 27.3 Å². The molecule has 0 aliphatic rings. The van der Waals surface area contributed by atoms with Crippen molar-refractivity contribution in [2.24, 2.45) is 5.10 Å². The number of ether oxygens (including phenoxy) is 1. The van der Waals surface area contributed by atoms with Crippen LogP contribution in [-0.2, 0) is 0 Å². The van der Waals surface area contributed by atoms with E-state index in [1.165, 1.54) is 28.5 Å². The molecule has 1 amide bonds. The van der Waals surface area contributed by atoms with Crippen LogP contribution < -0.4 is 9.75 Å². The van der Waals surface area contributed by atoms with Crippen molar-refractivity contribution >= 4 is 54.7 Å². The zero-order valence-electron chi connectivity index (χ0n) is 16.5. The highest BCUT2D eigenvalue weighted by Crippen LogP contribution is 2.30. The summed E-state index contributed by atoms with van der Waals surface area (Å²) in [5.74, 6) is 0.0660. The van der Waals surface area contributed by atoms with Gasteiger partial charge in [0.15, 0.2) is 0 Å². The van der Waals surface area contributed by atoms with E-state index in [1.807, 2.05) is 31.2 Å². The molecular weight excluding hydrogens is 481 g/mol. The van der Waals surface area contributed by atoms with Crippen molar-refractivity contribution in [3.8, 4) is 5.75 Å². The average molecular weight is 498 g/mol. The zero-order valence-corrected chi connectivity index (χ0v) is 18.9. The molecule has 0 unspecified atom stereocenters. The van der Waals surface area contributed by atoms with E-state index in [0.29, 0.717) is 27.5 Å². The standard InChI is InChI=1S/C23H17BrFN3O2S/c1-2-30-19-10-3-15(4-11-19)14-26-28(22(29)16-5-7-17(24)8-6-16)23-27-20-12-9-18(25)13-21(20)31-23/h3-14H,2H2,1H3/b26-14+. The molecule has 5 nitrogen and oxygen atoms in total. The van der Waals surface area contributed by atoms with Crippen molar-refractivity contribution in [1.82, 2.24) is 4.98 Å². The Balaban J connectivity index is 1.70. The van der Waals surface area contributed by atoms with Gasteiger partial charge in [-0.15, -0.1) is 0 Å². The third-order valence-electron chi connectivity index (χ3n) is 4.32. The number of rotatable bonds is 6. The zero-order chi connectivity index (χ0) is 21.8. The number of carbonyl (C=O) groups is 1. The lowest BCUT2D eigenvalue weighted by molar-refractivity contribution is 0.0988. The van der Waals surface area contributed by atoms with Crippen molar-refractivity contribution in [2.45, 2.75) is 6.92 Å². The number of halogens is 2. The van der Waals surface area contributed by atoms with Crippen molar-refractivity contribution in [1.29, 1.82) is 0 Å². The lowest BCUT2D eigenvalue weighted by Gasteiger charge is -2.14. The van der Waals surface area contributed by atoms with Crippen molar-refractivity contribution in [3.05, 3.63) is 88.1 Å². The van der Waals surface area contributed by atoms with E-state index in [0.717, 1.165) is 15.8 Å². The molecule has 0 fully saturated rings. The van der Waals surface area contributed by atoms with Crippen LogP contribution in [0, 0.1) is 5.82 Å². The summed E-state index contributed by atoms with van der Waals surface area (Å²) in [5, 5.41) is 6.01. The van der Waals surface area contributed by atoms with Gasteiger partial charge >= 0.3 is 0 Å². The first-order chi connectivity index (χ1) is 15.0. The first-order valence-electron chi connectivity index (χ1n) is 9.46. The number of amides is 1. The fraction of sp³-hybridized carbons (Fsp3) is 0.0870. The molecule has 0 bridgehead atoms. The smallest absolute Gasteiger partial charge is 0.280 e. The highest BCUT2D eigenvalue weighted by Gasteiger charge is 2.21. The lowest BCUT2D eigenvalue weighted by atomic mass is 10.2. The number of hydrogen-bond donors (Lipinski definition) is 0. The SMILES string of the molecule is CCOc1ccc(/C=N/N(C(=O)c2ccc(Br)cc2)c2nc3ccc(F)cc3s2)cc1. The molecule has 0 aliphatic carbocycles. The number of hydrazone groups is 1. The van der Waals surface area contributed by atoms with Gasteiger partial charge < -0.3 is 4.74 Å². The van der Waals surface area contributed by atoms with E-state index in [-0.39, 0.29) is 11.7 Å². The van der Waals surface area contributed by atoms with Crippen LogP contribution in [-0.4, -0.2) is 23.7 Å². The monoisotopic (exact) mass is 497 g/mol. The molecule has 3 aromatic carbocycles. The van der Waals surface area contributed by atoms with Gasteiger partial charge in [-0.05, 0) is 79.2 Å². The normalized spacial score (nSPS) is 11.2. The Kier molecular flexibility index (Phi) is 6.39. The fourth-order valence-electron chi connectivity index (χ4n) is 2.82. The van der Waals surface area contributed by atoms with Crippen molar-refractivity contribution < 1.29 is 13.9 Å². The van der Waals surface area contributed by atoms with Gasteiger partial charge in [-0.2, -0.15) is 10.1 Å². The Bertz CT molecular complexity index is 1240. The number of benzene rings is 3. The predicted molar refractivity (Wildman–Crippen MR) is 126 cm³/mol. The summed E-state index contributed by atoms with van der Waals surface area (Å²) in [6.07, 6.45) is 1.58. The van der Waals surface area contributed by atoms with Gasteiger partial charge in [0.05, 0.1) is 23.0 Å². The van der Waals surface area contributed by atoms with Crippen LogP contribution in [0.5, 0.6) is 5.75 Å². The topological polar surface area (TPSA) is 54.8 Å². The van der Waals surface area contributed by atoms with Crippen LogP contribution in [0.3, 0.4) is 0 Å². The number of aromatic nitrogens is 1. The van der Waals surface area contributed by atoms with E-state index in [2.05, 4.69) is 26.0 Å².